The van der Waals surface area contributed by atoms with E-state index in [1.54, 1.807) is 6.92 Å². The summed E-state index contributed by atoms with van der Waals surface area (Å²) in [4.78, 5) is 13.2. The van der Waals surface area contributed by atoms with Crippen molar-refractivity contribution in [2.24, 2.45) is 5.92 Å². The van der Waals surface area contributed by atoms with Crippen molar-refractivity contribution >= 4 is 11.7 Å². The molecule has 3 nitrogen and oxygen atoms in total. The van der Waals surface area contributed by atoms with Gasteiger partial charge in [0, 0.05) is 25.2 Å². The third-order valence-electron chi connectivity index (χ3n) is 3.57. The van der Waals surface area contributed by atoms with E-state index in [0.717, 1.165) is 6.54 Å². The second-order valence-electron chi connectivity index (χ2n) is 5.07. The Morgan fingerprint density at radius 3 is 2.94 bits per heavy atom. The number of fused-ring (bicyclic) bond motifs is 1. The van der Waals surface area contributed by atoms with Gasteiger partial charge in [-0.25, -0.2) is 0 Å². The third-order valence-corrected chi connectivity index (χ3v) is 3.57. The molecule has 1 aliphatic heterocycles. The molecule has 0 aliphatic carbocycles. The molecule has 1 heterocycles. The molecule has 0 spiro atoms. The van der Waals surface area contributed by atoms with Crippen molar-refractivity contribution in [3.05, 3.63) is 29.3 Å². The molecule has 2 atom stereocenters. The minimum atomic E-state index is -0.721. The molecule has 0 amide bonds. The fourth-order valence-corrected chi connectivity index (χ4v) is 2.70. The number of nitrogens with zero attached hydrogens (tertiary/aromatic N) is 1. The Kier molecular flexibility index (Phi) is 3.09. The van der Waals surface area contributed by atoms with Crippen LogP contribution < -0.4 is 4.90 Å². The number of rotatable bonds is 3. The minimum Gasteiger partial charge on any atom is -0.481 e. The molecule has 0 fully saturated rings. The molecular weight excluding hydrogens is 214 g/mol. The van der Waals surface area contributed by atoms with Crippen LogP contribution in [0.5, 0.6) is 0 Å². The summed E-state index contributed by atoms with van der Waals surface area (Å²) in [6, 6.07) is 6.21. The standard InChI is InChI=1S/C14H19NO2/c1-9(14(16)17)7-11-5-4-6-12-13(11)10(2)8-15(12)3/h4-6,9-10H,7-8H2,1-3H3,(H,16,17). The van der Waals surface area contributed by atoms with Gasteiger partial charge in [-0.2, -0.15) is 0 Å². The van der Waals surface area contributed by atoms with E-state index in [4.69, 9.17) is 5.11 Å². The lowest BCUT2D eigenvalue weighted by Gasteiger charge is -2.14. The van der Waals surface area contributed by atoms with Crippen molar-refractivity contribution in [1.82, 2.24) is 0 Å². The highest BCUT2D eigenvalue weighted by atomic mass is 16.4. The summed E-state index contributed by atoms with van der Waals surface area (Å²) in [7, 11) is 2.09. The van der Waals surface area contributed by atoms with Gasteiger partial charge in [-0.1, -0.05) is 26.0 Å². The molecule has 0 saturated carbocycles. The Balaban J connectivity index is 2.34. The summed E-state index contributed by atoms with van der Waals surface area (Å²) in [6.07, 6.45) is 0.622. The summed E-state index contributed by atoms with van der Waals surface area (Å²) >= 11 is 0. The number of benzene rings is 1. The predicted octanol–water partition coefficient (Wildman–Crippen LogP) is 2.50. The molecule has 1 N–H and O–H groups in total. The fourth-order valence-electron chi connectivity index (χ4n) is 2.70. The second-order valence-corrected chi connectivity index (χ2v) is 5.07. The Morgan fingerprint density at radius 2 is 2.29 bits per heavy atom. The molecule has 17 heavy (non-hydrogen) atoms. The van der Waals surface area contributed by atoms with Crippen LogP contribution in [0, 0.1) is 5.92 Å². The lowest BCUT2D eigenvalue weighted by Crippen LogP contribution is -2.13. The van der Waals surface area contributed by atoms with E-state index in [-0.39, 0.29) is 5.92 Å². The summed E-state index contributed by atoms with van der Waals surface area (Å²) in [5.41, 5.74) is 3.78. The van der Waals surface area contributed by atoms with Crippen molar-refractivity contribution in [1.29, 1.82) is 0 Å². The molecule has 0 bridgehead atoms. The zero-order chi connectivity index (χ0) is 12.6. The van der Waals surface area contributed by atoms with Crippen molar-refractivity contribution in [2.45, 2.75) is 26.2 Å². The normalized spacial score (nSPS) is 20.2. The van der Waals surface area contributed by atoms with Crippen LogP contribution in [0.25, 0.3) is 0 Å². The van der Waals surface area contributed by atoms with Crippen LogP contribution in [0.2, 0.25) is 0 Å². The maximum atomic E-state index is 10.9. The lowest BCUT2D eigenvalue weighted by atomic mass is 9.91. The van der Waals surface area contributed by atoms with Crippen molar-refractivity contribution in [3.8, 4) is 0 Å². The Labute approximate surface area is 102 Å². The topological polar surface area (TPSA) is 40.5 Å². The summed E-state index contributed by atoms with van der Waals surface area (Å²) in [5.74, 6) is -0.548. The van der Waals surface area contributed by atoms with E-state index < -0.39 is 5.97 Å². The third kappa shape index (κ3) is 2.14. The van der Waals surface area contributed by atoms with Gasteiger partial charge in [0.25, 0.3) is 0 Å². The number of carboxylic acids is 1. The van der Waals surface area contributed by atoms with Crippen LogP contribution in [0.1, 0.15) is 30.9 Å². The number of aliphatic carboxylic acids is 1. The van der Waals surface area contributed by atoms with Crippen LogP contribution in [0.3, 0.4) is 0 Å². The number of hydrogen-bond donors (Lipinski definition) is 1. The molecule has 0 radical (unpaired) electrons. The molecule has 92 valence electrons. The molecule has 1 aliphatic rings. The van der Waals surface area contributed by atoms with E-state index in [2.05, 4.69) is 31.0 Å². The molecular formula is C14H19NO2. The SMILES string of the molecule is CC(Cc1cccc2c1C(C)CN2C)C(=O)O. The molecule has 2 rings (SSSR count). The maximum Gasteiger partial charge on any atom is 0.306 e. The lowest BCUT2D eigenvalue weighted by molar-refractivity contribution is -0.141. The maximum absolute atomic E-state index is 10.9. The molecule has 1 aromatic carbocycles. The highest BCUT2D eigenvalue weighted by Gasteiger charge is 2.26. The number of anilines is 1. The largest absolute Gasteiger partial charge is 0.481 e. The molecule has 0 aromatic heterocycles. The highest BCUT2D eigenvalue weighted by Crippen LogP contribution is 2.38. The summed E-state index contributed by atoms with van der Waals surface area (Å²) in [5, 5.41) is 9.00. The summed E-state index contributed by atoms with van der Waals surface area (Å²) in [6.45, 7) is 5.00. The minimum absolute atomic E-state index is 0.320. The van der Waals surface area contributed by atoms with Gasteiger partial charge >= 0.3 is 5.97 Å². The first-order valence-corrected chi connectivity index (χ1v) is 6.06. The van der Waals surface area contributed by atoms with Crippen LogP contribution in [0.15, 0.2) is 18.2 Å². The highest BCUT2D eigenvalue weighted by molar-refractivity contribution is 5.70. The fraction of sp³-hybridized carbons (Fsp3) is 0.500. The first-order valence-electron chi connectivity index (χ1n) is 6.06. The van der Waals surface area contributed by atoms with Crippen molar-refractivity contribution in [2.75, 3.05) is 18.5 Å². The first-order chi connectivity index (χ1) is 8.00. The van der Waals surface area contributed by atoms with E-state index in [0.29, 0.717) is 12.3 Å². The summed E-state index contributed by atoms with van der Waals surface area (Å²) < 4.78 is 0. The van der Waals surface area contributed by atoms with Gasteiger partial charge in [0.15, 0.2) is 0 Å². The quantitative estimate of drug-likeness (QED) is 0.872. The smallest absolute Gasteiger partial charge is 0.306 e. The van der Waals surface area contributed by atoms with Gasteiger partial charge in [-0.05, 0) is 23.6 Å². The molecule has 2 unspecified atom stereocenters. The number of carbonyl (C=O) groups is 1. The first kappa shape index (κ1) is 12.0. The predicted molar refractivity (Wildman–Crippen MR) is 68.6 cm³/mol. The average molecular weight is 233 g/mol. The number of hydrogen-bond acceptors (Lipinski definition) is 2. The number of carboxylic acid groups (broad SMARTS) is 1. The van der Waals surface area contributed by atoms with Gasteiger partial charge in [0.05, 0.1) is 5.92 Å². The Bertz CT molecular complexity index is 442. The average Bonchev–Trinajstić information content (AvgIpc) is 2.55. The van der Waals surface area contributed by atoms with Crippen LogP contribution >= 0.6 is 0 Å². The van der Waals surface area contributed by atoms with Crippen molar-refractivity contribution < 1.29 is 9.90 Å². The van der Waals surface area contributed by atoms with E-state index in [1.807, 2.05) is 6.07 Å². The van der Waals surface area contributed by atoms with E-state index in [9.17, 15) is 4.79 Å². The van der Waals surface area contributed by atoms with Gasteiger partial charge in [0.1, 0.15) is 0 Å². The van der Waals surface area contributed by atoms with Crippen LogP contribution in [-0.2, 0) is 11.2 Å². The zero-order valence-electron chi connectivity index (χ0n) is 10.6. The van der Waals surface area contributed by atoms with Gasteiger partial charge < -0.3 is 10.0 Å². The van der Waals surface area contributed by atoms with Crippen molar-refractivity contribution in [3.63, 3.8) is 0 Å². The zero-order valence-corrected chi connectivity index (χ0v) is 10.6. The van der Waals surface area contributed by atoms with Gasteiger partial charge in [-0.3, -0.25) is 4.79 Å². The van der Waals surface area contributed by atoms with Gasteiger partial charge in [0.2, 0.25) is 0 Å². The molecule has 0 saturated heterocycles. The van der Waals surface area contributed by atoms with E-state index in [1.165, 1.54) is 16.8 Å². The van der Waals surface area contributed by atoms with Crippen LogP contribution in [0.4, 0.5) is 5.69 Å². The molecule has 3 heteroatoms. The van der Waals surface area contributed by atoms with Gasteiger partial charge in [-0.15, -0.1) is 0 Å². The Hall–Kier alpha value is -1.51. The second kappa shape index (κ2) is 4.40. The number of likely N-dealkylation sites (N-methyl/N-ethyl adjacent to an activating group) is 1. The molecule has 1 aromatic rings. The van der Waals surface area contributed by atoms with E-state index >= 15 is 0 Å². The Morgan fingerprint density at radius 1 is 1.59 bits per heavy atom. The monoisotopic (exact) mass is 233 g/mol. The van der Waals surface area contributed by atoms with Crippen LogP contribution in [-0.4, -0.2) is 24.7 Å².